The van der Waals surface area contributed by atoms with Gasteiger partial charge in [-0.3, -0.25) is 4.79 Å². The third-order valence-corrected chi connectivity index (χ3v) is 4.79. The van der Waals surface area contributed by atoms with Crippen LogP contribution in [0.2, 0.25) is 5.02 Å². The lowest BCUT2D eigenvalue weighted by atomic mass is 10.1. The molecule has 3 rings (SSSR count). The lowest BCUT2D eigenvalue weighted by molar-refractivity contribution is -0.112. The molecule has 0 aliphatic heterocycles. The van der Waals surface area contributed by atoms with Crippen molar-refractivity contribution in [1.82, 2.24) is 0 Å². The Morgan fingerprint density at radius 1 is 1.03 bits per heavy atom. The first-order chi connectivity index (χ1) is 15.9. The minimum atomic E-state index is -0.562. The molecular weight excluding hydrogens is 440 g/mol. The van der Waals surface area contributed by atoms with Gasteiger partial charge in [-0.05, 0) is 74.0 Å². The highest BCUT2D eigenvalue weighted by molar-refractivity contribution is 6.30. The molecule has 0 unspecified atom stereocenters. The smallest absolute Gasteiger partial charge is 0.343 e. The molecule has 1 amide bonds. The van der Waals surface area contributed by atoms with Gasteiger partial charge >= 0.3 is 5.97 Å². The summed E-state index contributed by atoms with van der Waals surface area (Å²) in [6, 6.07) is 20.3. The topological polar surface area (TPSA) is 88.4 Å². The number of nitrogens with one attached hydrogen (secondary N) is 1. The zero-order valence-corrected chi connectivity index (χ0v) is 18.8. The van der Waals surface area contributed by atoms with Crippen molar-refractivity contribution < 1.29 is 19.1 Å². The molecule has 0 saturated carbocycles. The van der Waals surface area contributed by atoms with Gasteiger partial charge in [0.25, 0.3) is 5.91 Å². The minimum absolute atomic E-state index is 0.100. The number of nitriles is 1. The summed E-state index contributed by atoms with van der Waals surface area (Å²) < 4.78 is 11.1. The molecule has 0 bridgehead atoms. The van der Waals surface area contributed by atoms with Gasteiger partial charge in [0, 0.05) is 10.7 Å². The van der Waals surface area contributed by atoms with E-state index in [1.54, 1.807) is 61.5 Å². The number of ether oxygens (including phenoxy) is 2. The molecular formula is C26H21ClN2O4. The monoisotopic (exact) mass is 460 g/mol. The van der Waals surface area contributed by atoms with Gasteiger partial charge in [0.05, 0.1) is 12.2 Å². The van der Waals surface area contributed by atoms with Gasteiger partial charge in [-0.2, -0.15) is 5.26 Å². The molecule has 3 aromatic rings. The number of hydrogen-bond donors (Lipinski definition) is 1. The summed E-state index contributed by atoms with van der Waals surface area (Å²) in [6.45, 7) is 4.07. The van der Waals surface area contributed by atoms with Crippen molar-refractivity contribution in [2.24, 2.45) is 0 Å². The molecule has 0 fully saturated rings. The van der Waals surface area contributed by atoms with Gasteiger partial charge in [-0.15, -0.1) is 0 Å². The van der Waals surface area contributed by atoms with Crippen molar-refractivity contribution in [3.63, 3.8) is 0 Å². The molecule has 1 N–H and O–H groups in total. The van der Waals surface area contributed by atoms with Crippen LogP contribution in [0.3, 0.4) is 0 Å². The van der Waals surface area contributed by atoms with E-state index < -0.39 is 11.9 Å². The molecule has 0 saturated heterocycles. The molecule has 0 heterocycles. The lowest BCUT2D eigenvalue weighted by Gasteiger charge is -2.12. The Hall–Kier alpha value is -4.08. The molecule has 0 radical (unpaired) electrons. The van der Waals surface area contributed by atoms with E-state index in [9.17, 15) is 14.9 Å². The maximum Gasteiger partial charge on any atom is 0.343 e. The van der Waals surface area contributed by atoms with Gasteiger partial charge < -0.3 is 14.8 Å². The number of amides is 1. The second-order valence-electron chi connectivity index (χ2n) is 7.03. The summed E-state index contributed by atoms with van der Waals surface area (Å²) in [5.74, 6) is -0.516. The van der Waals surface area contributed by atoms with E-state index in [-0.39, 0.29) is 11.3 Å². The first-order valence-electron chi connectivity index (χ1n) is 10.1. The molecule has 33 heavy (non-hydrogen) atoms. The number of esters is 1. The van der Waals surface area contributed by atoms with E-state index in [1.165, 1.54) is 6.08 Å². The van der Waals surface area contributed by atoms with Crippen LogP contribution < -0.4 is 14.8 Å². The number of anilines is 1. The maximum absolute atomic E-state index is 12.5. The normalized spacial score (nSPS) is 10.8. The predicted molar refractivity (Wildman–Crippen MR) is 127 cm³/mol. The van der Waals surface area contributed by atoms with E-state index in [4.69, 9.17) is 21.1 Å². The third-order valence-electron chi connectivity index (χ3n) is 4.54. The van der Waals surface area contributed by atoms with Crippen LogP contribution in [0.5, 0.6) is 11.5 Å². The molecule has 0 aromatic heterocycles. The Kier molecular flexibility index (Phi) is 7.85. The Labute approximate surface area is 197 Å². The molecule has 0 aliphatic rings. The van der Waals surface area contributed by atoms with Gasteiger partial charge in [-0.1, -0.05) is 35.4 Å². The highest BCUT2D eigenvalue weighted by atomic mass is 35.5. The summed E-state index contributed by atoms with van der Waals surface area (Å²) in [5.41, 5.74) is 2.40. The fourth-order valence-electron chi connectivity index (χ4n) is 2.86. The van der Waals surface area contributed by atoms with E-state index >= 15 is 0 Å². The first kappa shape index (κ1) is 23.6. The predicted octanol–water partition coefficient (Wildman–Crippen LogP) is 5.81. The Morgan fingerprint density at radius 3 is 2.36 bits per heavy atom. The minimum Gasteiger partial charge on any atom is -0.490 e. The summed E-state index contributed by atoms with van der Waals surface area (Å²) in [6.07, 6.45) is 1.43. The van der Waals surface area contributed by atoms with Crippen LogP contribution in [-0.4, -0.2) is 18.5 Å². The summed E-state index contributed by atoms with van der Waals surface area (Å²) in [4.78, 5) is 25.0. The van der Waals surface area contributed by atoms with E-state index in [1.807, 2.05) is 25.1 Å². The van der Waals surface area contributed by atoms with Gasteiger partial charge in [-0.25, -0.2) is 4.79 Å². The third kappa shape index (κ3) is 6.45. The number of carbonyl (C=O) groups excluding carboxylic acids is 2. The van der Waals surface area contributed by atoms with Crippen molar-refractivity contribution in [2.45, 2.75) is 13.8 Å². The highest BCUT2D eigenvalue weighted by Gasteiger charge is 2.15. The lowest BCUT2D eigenvalue weighted by Crippen LogP contribution is -2.13. The fourth-order valence-corrected chi connectivity index (χ4v) is 2.99. The van der Waals surface area contributed by atoms with Crippen molar-refractivity contribution in [2.75, 3.05) is 11.9 Å². The van der Waals surface area contributed by atoms with E-state index in [2.05, 4.69) is 5.32 Å². The number of nitrogens with zero attached hydrogens (tertiary/aromatic N) is 1. The average molecular weight is 461 g/mol. The van der Waals surface area contributed by atoms with Gasteiger partial charge in [0.15, 0.2) is 11.5 Å². The van der Waals surface area contributed by atoms with E-state index in [0.717, 1.165) is 5.56 Å². The molecule has 7 heteroatoms. The quantitative estimate of drug-likeness (QED) is 0.208. The van der Waals surface area contributed by atoms with Crippen LogP contribution >= 0.6 is 11.6 Å². The van der Waals surface area contributed by atoms with Crippen LogP contribution in [0.15, 0.2) is 72.3 Å². The number of halogens is 1. The van der Waals surface area contributed by atoms with Crippen molar-refractivity contribution in [3.05, 3.63) is 94.0 Å². The number of aryl methyl sites for hydroxylation is 1. The molecule has 6 nitrogen and oxygen atoms in total. The Balaban J connectivity index is 1.81. The van der Waals surface area contributed by atoms with Crippen LogP contribution in [0.1, 0.15) is 28.4 Å². The maximum atomic E-state index is 12.5. The number of rotatable bonds is 7. The fraction of sp³-hybridized carbons (Fsp3) is 0.115. The Bertz CT molecular complexity index is 1230. The van der Waals surface area contributed by atoms with Gasteiger partial charge in [0.1, 0.15) is 11.6 Å². The average Bonchev–Trinajstić information content (AvgIpc) is 2.81. The number of hydrogen-bond acceptors (Lipinski definition) is 5. The molecule has 166 valence electrons. The second-order valence-corrected chi connectivity index (χ2v) is 7.46. The molecule has 3 aromatic carbocycles. The van der Waals surface area contributed by atoms with Crippen LogP contribution in [0.25, 0.3) is 6.08 Å². The molecule has 0 aliphatic carbocycles. The largest absolute Gasteiger partial charge is 0.490 e. The van der Waals surface area contributed by atoms with Gasteiger partial charge in [0.2, 0.25) is 0 Å². The Morgan fingerprint density at radius 2 is 1.73 bits per heavy atom. The summed E-state index contributed by atoms with van der Waals surface area (Å²) in [5, 5.41) is 12.7. The highest BCUT2D eigenvalue weighted by Crippen LogP contribution is 2.30. The molecule has 0 spiro atoms. The summed E-state index contributed by atoms with van der Waals surface area (Å²) >= 11 is 5.85. The van der Waals surface area contributed by atoms with Crippen molar-refractivity contribution in [3.8, 4) is 17.6 Å². The number of carbonyl (C=O) groups is 2. The van der Waals surface area contributed by atoms with Crippen molar-refractivity contribution >= 4 is 35.2 Å². The van der Waals surface area contributed by atoms with Crippen molar-refractivity contribution in [1.29, 1.82) is 5.26 Å². The SMILES string of the molecule is CCOc1cc(/C=C(\C#N)C(=O)Nc2ccc(Cl)cc2)ccc1OC(=O)c1ccc(C)cc1. The van der Waals surface area contributed by atoms with E-state index in [0.29, 0.717) is 34.2 Å². The zero-order chi connectivity index (χ0) is 23.8. The standard InChI is InChI=1S/C26H21ClN2O4/c1-3-32-24-15-18(6-13-23(24)33-26(31)19-7-4-17(2)5-8-19)14-20(16-28)25(30)29-22-11-9-21(27)10-12-22/h4-15H,3H2,1-2H3,(H,29,30)/b20-14+. The first-order valence-corrected chi connectivity index (χ1v) is 10.5. The summed E-state index contributed by atoms with van der Waals surface area (Å²) in [7, 11) is 0. The van der Waals surface area contributed by atoms with Crippen LogP contribution in [0, 0.1) is 18.3 Å². The second kappa shape index (κ2) is 11.0. The molecule has 0 atom stereocenters. The zero-order valence-electron chi connectivity index (χ0n) is 18.1. The van der Waals surface area contributed by atoms with Crippen LogP contribution in [-0.2, 0) is 4.79 Å². The number of benzene rings is 3. The van der Waals surface area contributed by atoms with Crippen LogP contribution in [0.4, 0.5) is 5.69 Å².